The molecule has 0 spiro atoms. The van der Waals surface area contributed by atoms with E-state index >= 15 is 0 Å². The lowest BCUT2D eigenvalue weighted by molar-refractivity contribution is 0.0667. The number of carbonyl (C=O) groups excluding carboxylic acids is 1. The molecule has 1 unspecified atom stereocenters. The number of nitrogens with zero attached hydrogens (tertiary/aromatic N) is 1. The number of carbonyl (C=O) groups is 1. The van der Waals surface area contributed by atoms with Gasteiger partial charge in [0, 0.05) is 18.7 Å². The fourth-order valence-corrected chi connectivity index (χ4v) is 2.88. The number of benzene rings is 1. The number of aliphatic hydroxyl groups is 1. The van der Waals surface area contributed by atoms with E-state index in [0.29, 0.717) is 5.76 Å². The Morgan fingerprint density at radius 1 is 1.26 bits per heavy atom. The van der Waals surface area contributed by atoms with Gasteiger partial charge in [0.05, 0.1) is 6.10 Å². The molecule has 3 rings (SSSR count). The van der Waals surface area contributed by atoms with Crippen molar-refractivity contribution in [3.63, 3.8) is 0 Å². The second-order valence-corrected chi connectivity index (χ2v) is 5.83. The first-order valence-electron chi connectivity index (χ1n) is 7.69. The maximum atomic E-state index is 11.3. The lowest BCUT2D eigenvalue weighted by Gasteiger charge is -2.29. The average Bonchev–Trinajstić information content (AvgIpc) is 3.05. The number of aliphatic hydroxyl groups excluding tert-OH is 1. The molecule has 1 aliphatic rings. The van der Waals surface area contributed by atoms with Crippen LogP contribution in [0.2, 0.25) is 0 Å². The second-order valence-electron chi connectivity index (χ2n) is 5.83. The Bertz CT molecular complexity index is 665. The topological polar surface area (TPSA) is 85.9 Å². The molecule has 0 saturated carbocycles. The molecule has 0 radical (unpaired) electrons. The molecule has 1 aromatic heterocycles. The third kappa shape index (κ3) is 3.79. The predicted molar refractivity (Wildman–Crippen MR) is 83.9 cm³/mol. The summed E-state index contributed by atoms with van der Waals surface area (Å²) < 4.78 is 5.41. The number of likely N-dealkylation sites (tertiary alicyclic amines) is 1. The van der Waals surface area contributed by atoms with E-state index in [1.165, 1.54) is 11.6 Å². The highest BCUT2D eigenvalue weighted by molar-refractivity contribution is 5.91. The normalized spacial score (nSPS) is 18.8. The van der Waals surface area contributed by atoms with Crippen molar-refractivity contribution in [2.24, 2.45) is 0 Å². The fourth-order valence-electron chi connectivity index (χ4n) is 2.88. The molecule has 3 N–H and O–H groups in total. The van der Waals surface area contributed by atoms with E-state index in [2.05, 4.69) is 4.90 Å². The molecule has 2 heterocycles. The second kappa shape index (κ2) is 6.95. The summed E-state index contributed by atoms with van der Waals surface area (Å²) in [5.74, 6) is -0.0334. The number of amides is 1. The van der Waals surface area contributed by atoms with Crippen LogP contribution in [0.15, 0.2) is 40.8 Å². The Labute approximate surface area is 134 Å². The molecule has 0 aliphatic carbocycles. The summed E-state index contributed by atoms with van der Waals surface area (Å²) in [7, 11) is 0. The van der Waals surface area contributed by atoms with Gasteiger partial charge in [-0.05, 0) is 37.1 Å². The third-order valence-corrected chi connectivity index (χ3v) is 4.06. The highest BCUT2D eigenvalue weighted by atomic mass is 16.5. The largest absolute Gasteiger partial charge is 0.451 e. The van der Waals surface area contributed by atoms with Gasteiger partial charge >= 0.3 is 5.91 Å². The molecule has 0 bridgehead atoms. The van der Waals surface area contributed by atoms with Crippen LogP contribution in [0.1, 0.15) is 29.0 Å². The minimum atomic E-state index is -0.670. The molecule has 1 atom stereocenters. The van der Waals surface area contributed by atoms with Gasteiger partial charge in [0.1, 0.15) is 5.76 Å². The van der Waals surface area contributed by atoms with Crippen molar-refractivity contribution >= 4 is 5.91 Å². The summed E-state index contributed by atoms with van der Waals surface area (Å²) in [5, 5.41) is 18.3. The van der Waals surface area contributed by atoms with Gasteiger partial charge in [-0.15, -0.1) is 0 Å². The Balaban J connectivity index is 1.67. The fraction of sp³-hybridized carbons (Fsp3) is 0.353. The zero-order valence-electron chi connectivity index (χ0n) is 12.7. The van der Waals surface area contributed by atoms with Gasteiger partial charge in [0.15, 0.2) is 5.76 Å². The van der Waals surface area contributed by atoms with E-state index in [4.69, 9.17) is 9.62 Å². The van der Waals surface area contributed by atoms with Crippen molar-refractivity contribution in [2.75, 3.05) is 13.1 Å². The van der Waals surface area contributed by atoms with E-state index in [0.717, 1.165) is 38.0 Å². The van der Waals surface area contributed by atoms with Crippen LogP contribution < -0.4 is 5.48 Å². The van der Waals surface area contributed by atoms with E-state index in [1.54, 1.807) is 11.5 Å². The summed E-state index contributed by atoms with van der Waals surface area (Å²) in [6, 6.07) is 11.1. The first kappa shape index (κ1) is 15.7. The van der Waals surface area contributed by atoms with Crippen LogP contribution in [0.4, 0.5) is 0 Å². The molecule has 2 aromatic rings. The molecule has 1 aliphatic heterocycles. The predicted octanol–water partition coefficient (Wildman–Crippen LogP) is 2.02. The zero-order valence-corrected chi connectivity index (χ0v) is 12.7. The maximum absolute atomic E-state index is 11.3. The highest BCUT2D eigenvalue weighted by Gasteiger charge is 2.17. The van der Waals surface area contributed by atoms with Crippen LogP contribution in [0.5, 0.6) is 0 Å². The highest BCUT2D eigenvalue weighted by Crippen LogP contribution is 2.23. The summed E-state index contributed by atoms with van der Waals surface area (Å²) in [6.45, 7) is 2.55. The van der Waals surface area contributed by atoms with Crippen LogP contribution in [0, 0.1) is 0 Å². The van der Waals surface area contributed by atoms with Crippen LogP contribution >= 0.6 is 0 Å². The van der Waals surface area contributed by atoms with E-state index in [9.17, 15) is 9.90 Å². The quantitative estimate of drug-likeness (QED) is 0.593. The molecular formula is C17H20N2O4. The Kier molecular flexibility index (Phi) is 4.76. The van der Waals surface area contributed by atoms with Gasteiger partial charge in [-0.3, -0.25) is 14.9 Å². The van der Waals surface area contributed by atoms with Gasteiger partial charge in [0.2, 0.25) is 0 Å². The lowest BCUT2D eigenvalue weighted by atomic mass is 10.1. The molecule has 1 fully saturated rings. The van der Waals surface area contributed by atoms with Crippen molar-refractivity contribution in [1.82, 2.24) is 10.4 Å². The number of β-amino-alcohol motifs (C(OH)–C–C–N with tert-alkyl or cyclic N) is 1. The van der Waals surface area contributed by atoms with Gasteiger partial charge in [0.25, 0.3) is 0 Å². The molecular weight excluding hydrogens is 296 g/mol. The summed E-state index contributed by atoms with van der Waals surface area (Å²) in [6.07, 6.45) is 1.70. The van der Waals surface area contributed by atoms with E-state index in [-0.39, 0.29) is 11.9 Å². The minimum absolute atomic E-state index is 0.0638. The summed E-state index contributed by atoms with van der Waals surface area (Å²) >= 11 is 0. The van der Waals surface area contributed by atoms with Crippen molar-refractivity contribution in [3.8, 4) is 11.3 Å². The van der Waals surface area contributed by atoms with Crippen LogP contribution in [-0.4, -0.2) is 40.3 Å². The Hall–Kier alpha value is -2.15. The Morgan fingerprint density at radius 2 is 2.04 bits per heavy atom. The van der Waals surface area contributed by atoms with Gasteiger partial charge in [-0.25, -0.2) is 5.48 Å². The van der Waals surface area contributed by atoms with Gasteiger partial charge in [-0.1, -0.05) is 24.3 Å². The van der Waals surface area contributed by atoms with Crippen LogP contribution in [-0.2, 0) is 6.54 Å². The number of hydrogen-bond acceptors (Lipinski definition) is 5. The van der Waals surface area contributed by atoms with Crippen LogP contribution in [0.3, 0.4) is 0 Å². The molecule has 6 nitrogen and oxygen atoms in total. The van der Waals surface area contributed by atoms with Crippen molar-refractivity contribution < 1.29 is 19.5 Å². The summed E-state index contributed by atoms with van der Waals surface area (Å²) in [5.41, 5.74) is 3.58. The SMILES string of the molecule is O=C(NO)c1ccc(-c2ccc(CN3CCCC(O)C3)cc2)o1. The number of hydrogen-bond donors (Lipinski definition) is 3. The molecule has 1 saturated heterocycles. The van der Waals surface area contributed by atoms with Gasteiger partial charge < -0.3 is 9.52 Å². The third-order valence-electron chi connectivity index (χ3n) is 4.06. The van der Waals surface area contributed by atoms with Crippen molar-refractivity contribution in [1.29, 1.82) is 0 Å². The van der Waals surface area contributed by atoms with Gasteiger partial charge in [-0.2, -0.15) is 0 Å². The molecule has 1 aromatic carbocycles. The molecule has 6 heteroatoms. The van der Waals surface area contributed by atoms with Crippen LogP contribution in [0.25, 0.3) is 11.3 Å². The minimum Gasteiger partial charge on any atom is -0.451 e. The first-order valence-corrected chi connectivity index (χ1v) is 7.69. The number of rotatable bonds is 4. The number of furan rings is 1. The molecule has 122 valence electrons. The lowest BCUT2D eigenvalue weighted by Crippen LogP contribution is -2.37. The first-order chi connectivity index (χ1) is 11.2. The van der Waals surface area contributed by atoms with E-state index in [1.807, 2.05) is 24.3 Å². The maximum Gasteiger partial charge on any atom is 0.310 e. The smallest absolute Gasteiger partial charge is 0.310 e. The van der Waals surface area contributed by atoms with Crippen molar-refractivity contribution in [3.05, 3.63) is 47.7 Å². The standard InChI is InChI=1S/C17H20N2O4/c20-14-2-1-9-19(11-14)10-12-3-5-13(6-4-12)15-7-8-16(23-15)17(21)18-22/h3-8,14,20,22H,1-2,9-11H2,(H,18,21). The number of hydroxylamine groups is 1. The zero-order chi connectivity index (χ0) is 16.2. The Morgan fingerprint density at radius 3 is 2.74 bits per heavy atom. The monoisotopic (exact) mass is 316 g/mol. The summed E-state index contributed by atoms with van der Waals surface area (Å²) in [4.78, 5) is 13.5. The molecule has 1 amide bonds. The van der Waals surface area contributed by atoms with Crippen molar-refractivity contribution in [2.45, 2.75) is 25.5 Å². The molecule has 23 heavy (non-hydrogen) atoms. The van der Waals surface area contributed by atoms with E-state index < -0.39 is 5.91 Å². The number of nitrogens with one attached hydrogen (secondary N) is 1. The number of piperidine rings is 1. The average molecular weight is 316 g/mol.